The lowest BCUT2D eigenvalue weighted by Crippen LogP contribution is -2.14. The summed E-state index contributed by atoms with van der Waals surface area (Å²) in [6.45, 7) is 7.39. The number of carbonyl (C=O) groups excluding carboxylic acids is 1. The van der Waals surface area contributed by atoms with Gasteiger partial charge in [-0.25, -0.2) is 4.98 Å². The van der Waals surface area contributed by atoms with Gasteiger partial charge in [0.25, 0.3) is 0 Å². The predicted molar refractivity (Wildman–Crippen MR) is 152 cm³/mol. The first-order valence-corrected chi connectivity index (χ1v) is 14.4. The number of benzene rings is 2. The molecule has 4 aromatic rings. The molecule has 0 aliphatic carbocycles. The van der Waals surface area contributed by atoms with E-state index in [4.69, 9.17) is 27.9 Å². The highest BCUT2D eigenvalue weighted by atomic mass is 35.5. The van der Waals surface area contributed by atoms with Gasteiger partial charge in [-0.05, 0) is 62.6 Å². The standard InChI is InChI=1S/C26H27Cl2N5O2S2/c1-4-33-23(6-5-11-35-22-10-9-19(27)13-20(22)28)31-32-26(33)37-15-24(34)30-25-29-21(14-36-25)18-8-7-16(2)17(3)12-18/h7-10,12-14H,4-6,11,15H2,1-3H3,(H,29,30,34). The fraction of sp³-hybridized carbons (Fsp3) is 0.308. The van der Waals surface area contributed by atoms with Crippen LogP contribution in [-0.2, 0) is 17.8 Å². The van der Waals surface area contributed by atoms with Gasteiger partial charge in [0.2, 0.25) is 5.91 Å². The lowest BCUT2D eigenvalue weighted by molar-refractivity contribution is -0.113. The van der Waals surface area contributed by atoms with Crippen LogP contribution in [0.25, 0.3) is 11.3 Å². The van der Waals surface area contributed by atoms with Crippen LogP contribution in [0.4, 0.5) is 5.13 Å². The molecule has 0 aliphatic heterocycles. The molecule has 1 amide bonds. The molecule has 2 aromatic carbocycles. The van der Waals surface area contributed by atoms with Crippen LogP contribution in [0.1, 0.15) is 30.3 Å². The van der Waals surface area contributed by atoms with Gasteiger partial charge in [0.05, 0.1) is 23.1 Å². The monoisotopic (exact) mass is 575 g/mol. The largest absolute Gasteiger partial charge is 0.492 e. The first-order chi connectivity index (χ1) is 17.8. The van der Waals surface area contributed by atoms with Gasteiger partial charge in [-0.1, -0.05) is 47.1 Å². The molecule has 4 rings (SSSR count). The van der Waals surface area contributed by atoms with Gasteiger partial charge < -0.3 is 14.6 Å². The van der Waals surface area contributed by atoms with Gasteiger partial charge in [-0.2, -0.15) is 0 Å². The smallest absolute Gasteiger partial charge is 0.236 e. The summed E-state index contributed by atoms with van der Waals surface area (Å²) >= 11 is 14.9. The molecule has 0 saturated heterocycles. The molecule has 37 heavy (non-hydrogen) atoms. The Hall–Kier alpha value is -2.59. The van der Waals surface area contributed by atoms with Crippen molar-refractivity contribution in [1.82, 2.24) is 19.7 Å². The SMILES string of the molecule is CCn1c(CCCOc2ccc(Cl)cc2Cl)nnc1SCC(=O)Nc1nc(-c2ccc(C)c(C)c2)cs1. The van der Waals surface area contributed by atoms with E-state index in [1.54, 1.807) is 18.2 Å². The molecule has 0 saturated carbocycles. The van der Waals surface area contributed by atoms with E-state index >= 15 is 0 Å². The lowest BCUT2D eigenvalue weighted by Gasteiger charge is -2.09. The molecule has 0 fully saturated rings. The average Bonchev–Trinajstić information content (AvgIpc) is 3.50. The van der Waals surface area contributed by atoms with Crippen molar-refractivity contribution in [2.24, 2.45) is 0 Å². The zero-order chi connectivity index (χ0) is 26.4. The van der Waals surface area contributed by atoms with Crippen LogP contribution in [0.2, 0.25) is 10.0 Å². The fourth-order valence-corrected chi connectivity index (χ4v) is 5.60. The molecule has 0 spiro atoms. The van der Waals surface area contributed by atoms with Gasteiger partial charge in [0.15, 0.2) is 10.3 Å². The molecule has 0 atom stereocenters. The van der Waals surface area contributed by atoms with Crippen LogP contribution in [0.15, 0.2) is 46.9 Å². The number of thioether (sulfide) groups is 1. The summed E-state index contributed by atoms with van der Waals surface area (Å²) in [5.74, 6) is 1.54. The topological polar surface area (TPSA) is 81.9 Å². The van der Waals surface area contributed by atoms with Crippen molar-refractivity contribution in [2.75, 3.05) is 17.7 Å². The van der Waals surface area contributed by atoms with Crippen molar-refractivity contribution in [1.29, 1.82) is 0 Å². The summed E-state index contributed by atoms with van der Waals surface area (Å²) in [4.78, 5) is 17.1. The molecule has 0 unspecified atom stereocenters. The Kier molecular flexibility index (Phi) is 9.48. The molecular weight excluding hydrogens is 549 g/mol. The van der Waals surface area contributed by atoms with Gasteiger partial charge >= 0.3 is 0 Å². The molecule has 0 aliphatic rings. The Morgan fingerprint density at radius 2 is 1.97 bits per heavy atom. The van der Waals surface area contributed by atoms with Crippen LogP contribution in [-0.4, -0.2) is 38.0 Å². The van der Waals surface area contributed by atoms with Crippen molar-refractivity contribution < 1.29 is 9.53 Å². The van der Waals surface area contributed by atoms with E-state index in [1.807, 2.05) is 22.9 Å². The van der Waals surface area contributed by atoms with E-state index in [0.29, 0.717) is 45.7 Å². The number of aromatic nitrogens is 4. The summed E-state index contributed by atoms with van der Waals surface area (Å²) < 4.78 is 7.78. The second-order valence-corrected chi connectivity index (χ2v) is 11.0. The zero-order valence-corrected chi connectivity index (χ0v) is 23.9. The molecule has 194 valence electrons. The van der Waals surface area contributed by atoms with Gasteiger partial charge in [0.1, 0.15) is 11.6 Å². The summed E-state index contributed by atoms with van der Waals surface area (Å²) in [6.07, 6.45) is 1.44. The maximum absolute atomic E-state index is 12.6. The van der Waals surface area contributed by atoms with Crippen LogP contribution < -0.4 is 10.1 Å². The molecule has 7 nitrogen and oxygen atoms in total. The highest BCUT2D eigenvalue weighted by Gasteiger charge is 2.15. The second-order valence-electron chi connectivity index (χ2n) is 8.34. The second kappa shape index (κ2) is 12.8. The number of hydrogen-bond acceptors (Lipinski definition) is 7. The number of nitrogens with one attached hydrogen (secondary N) is 1. The van der Waals surface area contributed by atoms with Crippen molar-refractivity contribution in [3.05, 3.63) is 68.8 Å². The minimum absolute atomic E-state index is 0.133. The normalized spacial score (nSPS) is 11.1. The fourth-order valence-electron chi connectivity index (χ4n) is 3.58. The maximum Gasteiger partial charge on any atom is 0.236 e. The molecule has 2 heterocycles. The van der Waals surface area contributed by atoms with Gasteiger partial charge in [-0.15, -0.1) is 21.5 Å². The average molecular weight is 577 g/mol. The third kappa shape index (κ3) is 7.25. The summed E-state index contributed by atoms with van der Waals surface area (Å²) in [6, 6.07) is 11.4. The third-order valence-corrected chi connectivity index (χ3v) is 7.95. The molecule has 2 aromatic heterocycles. The molecule has 1 N–H and O–H groups in total. The number of carbonyl (C=O) groups is 1. The van der Waals surface area contributed by atoms with Crippen molar-refractivity contribution >= 4 is 57.3 Å². The molecular formula is C26H27Cl2N5O2S2. The molecule has 0 bridgehead atoms. The van der Waals surface area contributed by atoms with Crippen LogP contribution in [0.3, 0.4) is 0 Å². The summed E-state index contributed by atoms with van der Waals surface area (Å²) in [7, 11) is 0. The van der Waals surface area contributed by atoms with E-state index in [9.17, 15) is 4.79 Å². The van der Waals surface area contributed by atoms with Crippen LogP contribution in [0, 0.1) is 13.8 Å². The number of rotatable bonds is 11. The van der Waals surface area contributed by atoms with Crippen LogP contribution in [0.5, 0.6) is 5.75 Å². The molecule has 0 radical (unpaired) electrons. The van der Waals surface area contributed by atoms with Crippen molar-refractivity contribution in [3.8, 4) is 17.0 Å². The van der Waals surface area contributed by atoms with E-state index < -0.39 is 0 Å². The highest BCUT2D eigenvalue weighted by molar-refractivity contribution is 7.99. The van der Waals surface area contributed by atoms with Gasteiger partial charge in [-0.3, -0.25) is 4.79 Å². The van der Waals surface area contributed by atoms with Gasteiger partial charge in [0, 0.05) is 28.9 Å². The Morgan fingerprint density at radius 3 is 2.73 bits per heavy atom. The Bertz CT molecular complexity index is 1390. The Morgan fingerprint density at radius 1 is 1.14 bits per heavy atom. The van der Waals surface area contributed by atoms with Crippen LogP contribution >= 0.6 is 46.3 Å². The number of ether oxygens (including phenoxy) is 1. The maximum atomic E-state index is 12.6. The van der Waals surface area contributed by atoms with E-state index in [1.165, 1.54) is 34.2 Å². The number of hydrogen-bond donors (Lipinski definition) is 1. The van der Waals surface area contributed by atoms with E-state index in [0.717, 1.165) is 23.5 Å². The number of aryl methyl sites for hydroxylation is 3. The summed E-state index contributed by atoms with van der Waals surface area (Å²) in [5.41, 5.74) is 4.35. The molecule has 11 heteroatoms. The summed E-state index contributed by atoms with van der Waals surface area (Å²) in [5, 5.41) is 15.8. The van der Waals surface area contributed by atoms with E-state index in [2.05, 4.69) is 46.5 Å². The Balaban J connectivity index is 1.27. The highest BCUT2D eigenvalue weighted by Crippen LogP contribution is 2.28. The first-order valence-electron chi connectivity index (χ1n) is 11.8. The number of thiazole rings is 1. The number of nitrogens with zero attached hydrogens (tertiary/aromatic N) is 4. The quantitative estimate of drug-likeness (QED) is 0.152. The number of anilines is 1. The van der Waals surface area contributed by atoms with E-state index in [-0.39, 0.29) is 11.7 Å². The van der Waals surface area contributed by atoms with Crippen molar-refractivity contribution in [2.45, 2.75) is 45.3 Å². The predicted octanol–water partition coefficient (Wildman–Crippen LogP) is 7.09. The first kappa shape index (κ1) is 27.4. The zero-order valence-electron chi connectivity index (χ0n) is 20.8. The Labute approximate surface area is 234 Å². The minimum atomic E-state index is -0.133. The van der Waals surface area contributed by atoms with Crippen molar-refractivity contribution in [3.63, 3.8) is 0 Å². The lowest BCUT2D eigenvalue weighted by atomic mass is 10.1. The minimum Gasteiger partial charge on any atom is -0.492 e. The number of amides is 1. The number of halogens is 2. The third-order valence-electron chi connectivity index (χ3n) is 5.69.